The first-order chi connectivity index (χ1) is 6.74. The summed E-state index contributed by atoms with van der Waals surface area (Å²) in [5.41, 5.74) is 4.15. The van der Waals surface area contributed by atoms with Gasteiger partial charge < -0.3 is 5.32 Å². The van der Waals surface area contributed by atoms with Crippen LogP contribution in [-0.4, -0.2) is 17.4 Å². The smallest absolute Gasteiger partial charge is 0.186 e. The highest BCUT2D eigenvalue weighted by Gasteiger charge is 2.15. The number of hydrazone groups is 1. The molecule has 0 spiro atoms. The van der Waals surface area contributed by atoms with Crippen molar-refractivity contribution in [3.05, 3.63) is 0 Å². The Bertz CT molecular complexity index is 225. The molecule has 0 heterocycles. The molecule has 14 heavy (non-hydrogen) atoms. The zero-order chi connectivity index (χ0) is 10.4. The van der Waals surface area contributed by atoms with Crippen molar-refractivity contribution in [2.75, 3.05) is 6.54 Å². The van der Waals surface area contributed by atoms with Crippen molar-refractivity contribution in [1.82, 2.24) is 10.7 Å². The Labute approximate surface area is 91.3 Å². The highest BCUT2D eigenvalue weighted by molar-refractivity contribution is 7.80. The van der Waals surface area contributed by atoms with E-state index in [1.54, 1.807) is 0 Å². The van der Waals surface area contributed by atoms with Crippen molar-refractivity contribution in [1.29, 1.82) is 0 Å². The topological polar surface area (TPSA) is 36.4 Å². The number of thiocarbonyl (C=S) groups is 1. The summed E-state index contributed by atoms with van der Waals surface area (Å²) in [6.07, 6.45) is 4.97. The van der Waals surface area contributed by atoms with Crippen molar-refractivity contribution in [3.8, 4) is 0 Å². The second-order valence-corrected chi connectivity index (χ2v) is 4.13. The highest BCUT2D eigenvalue weighted by Crippen LogP contribution is 2.20. The van der Waals surface area contributed by atoms with Gasteiger partial charge in [-0.2, -0.15) is 5.10 Å². The van der Waals surface area contributed by atoms with Gasteiger partial charge in [0.25, 0.3) is 0 Å². The molecule has 0 bridgehead atoms. The van der Waals surface area contributed by atoms with Gasteiger partial charge in [0, 0.05) is 12.3 Å². The first-order valence-corrected chi connectivity index (χ1v) is 5.75. The van der Waals surface area contributed by atoms with Crippen LogP contribution in [0.25, 0.3) is 0 Å². The third kappa shape index (κ3) is 3.62. The lowest BCUT2D eigenvalue weighted by Crippen LogP contribution is -2.33. The molecule has 0 amide bonds. The summed E-state index contributed by atoms with van der Waals surface area (Å²) >= 11 is 5.03. The quantitative estimate of drug-likeness (QED) is 0.544. The van der Waals surface area contributed by atoms with Crippen LogP contribution in [0.15, 0.2) is 5.10 Å². The number of hydrogen-bond acceptors (Lipinski definition) is 2. The zero-order valence-corrected chi connectivity index (χ0v) is 9.78. The largest absolute Gasteiger partial charge is 0.362 e. The van der Waals surface area contributed by atoms with Gasteiger partial charge >= 0.3 is 0 Å². The number of hydrogen-bond donors (Lipinski definition) is 2. The minimum Gasteiger partial charge on any atom is -0.362 e. The van der Waals surface area contributed by atoms with Crippen LogP contribution in [-0.2, 0) is 0 Å². The Hall–Kier alpha value is -0.640. The SMILES string of the molecule is CCNC(=S)N/N=C1/CCCC[C@H]1C. The minimum atomic E-state index is 0.612. The molecule has 2 N–H and O–H groups in total. The fourth-order valence-electron chi connectivity index (χ4n) is 1.66. The van der Waals surface area contributed by atoms with Gasteiger partial charge in [-0.15, -0.1) is 0 Å². The molecule has 0 unspecified atom stereocenters. The highest BCUT2D eigenvalue weighted by atomic mass is 32.1. The molecule has 0 aromatic carbocycles. The Morgan fingerprint density at radius 1 is 1.57 bits per heavy atom. The van der Waals surface area contributed by atoms with Crippen molar-refractivity contribution >= 4 is 23.0 Å². The van der Waals surface area contributed by atoms with Gasteiger partial charge in [-0.05, 0) is 44.3 Å². The molecule has 1 rings (SSSR count). The summed E-state index contributed by atoms with van der Waals surface area (Å²) in [4.78, 5) is 0. The van der Waals surface area contributed by atoms with Crippen LogP contribution in [0.2, 0.25) is 0 Å². The molecule has 1 fully saturated rings. The monoisotopic (exact) mass is 213 g/mol. The van der Waals surface area contributed by atoms with Crippen LogP contribution in [0.1, 0.15) is 39.5 Å². The van der Waals surface area contributed by atoms with E-state index >= 15 is 0 Å². The third-order valence-corrected chi connectivity index (χ3v) is 2.76. The summed E-state index contributed by atoms with van der Waals surface area (Å²) in [5, 5.41) is 7.98. The van der Waals surface area contributed by atoms with E-state index < -0.39 is 0 Å². The van der Waals surface area contributed by atoms with E-state index in [-0.39, 0.29) is 0 Å². The molecule has 1 atom stereocenters. The van der Waals surface area contributed by atoms with E-state index in [4.69, 9.17) is 12.2 Å². The Morgan fingerprint density at radius 2 is 2.36 bits per heavy atom. The van der Waals surface area contributed by atoms with E-state index in [1.807, 2.05) is 6.92 Å². The lowest BCUT2D eigenvalue weighted by molar-refractivity contribution is 0.555. The number of nitrogens with one attached hydrogen (secondary N) is 2. The van der Waals surface area contributed by atoms with Crippen LogP contribution in [0.5, 0.6) is 0 Å². The molecule has 4 heteroatoms. The minimum absolute atomic E-state index is 0.612. The Morgan fingerprint density at radius 3 is 3.00 bits per heavy atom. The van der Waals surface area contributed by atoms with Gasteiger partial charge in [0.1, 0.15) is 0 Å². The third-order valence-electron chi connectivity index (χ3n) is 2.53. The molecular weight excluding hydrogens is 194 g/mol. The van der Waals surface area contributed by atoms with Gasteiger partial charge in [-0.25, -0.2) is 0 Å². The van der Waals surface area contributed by atoms with E-state index in [1.165, 1.54) is 25.0 Å². The number of rotatable bonds is 2. The van der Waals surface area contributed by atoms with E-state index in [2.05, 4.69) is 22.8 Å². The summed E-state index contributed by atoms with van der Waals surface area (Å²) in [7, 11) is 0. The van der Waals surface area contributed by atoms with Crippen LogP contribution in [0, 0.1) is 5.92 Å². The second kappa shape index (κ2) is 5.96. The van der Waals surface area contributed by atoms with Crippen LogP contribution in [0.3, 0.4) is 0 Å². The predicted molar refractivity (Wildman–Crippen MR) is 64.5 cm³/mol. The molecule has 0 saturated heterocycles. The van der Waals surface area contributed by atoms with Gasteiger partial charge in [-0.1, -0.05) is 13.3 Å². The second-order valence-electron chi connectivity index (χ2n) is 3.72. The molecule has 0 aromatic heterocycles. The molecule has 3 nitrogen and oxygen atoms in total. The molecule has 1 aliphatic carbocycles. The molecule has 0 radical (unpaired) electrons. The van der Waals surface area contributed by atoms with Crippen molar-refractivity contribution < 1.29 is 0 Å². The average Bonchev–Trinajstić information content (AvgIpc) is 2.17. The molecule has 1 aliphatic rings. The summed E-state index contributed by atoms with van der Waals surface area (Å²) < 4.78 is 0. The van der Waals surface area contributed by atoms with E-state index in [0.717, 1.165) is 13.0 Å². The lowest BCUT2D eigenvalue weighted by Gasteiger charge is -2.20. The Balaban J connectivity index is 2.38. The molecule has 0 aliphatic heterocycles. The molecule has 0 aromatic rings. The maximum absolute atomic E-state index is 5.03. The van der Waals surface area contributed by atoms with Crippen molar-refractivity contribution in [3.63, 3.8) is 0 Å². The van der Waals surface area contributed by atoms with Crippen LogP contribution < -0.4 is 10.7 Å². The first kappa shape index (κ1) is 11.4. The maximum Gasteiger partial charge on any atom is 0.186 e. The van der Waals surface area contributed by atoms with Gasteiger partial charge in [0.2, 0.25) is 0 Å². The van der Waals surface area contributed by atoms with Crippen LogP contribution in [0.4, 0.5) is 0 Å². The summed E-state index contributed by atoms with van der Waals surface area (Å²) in [6.45, 7) is 5.09. The lowest BCUT2D eigenvalue weighted by atomic mass is 9.89. The first-order valence-electron chi connectivity index (χ1n) is 5.34. The maximum atomic E-state index is 5.03. The number of nitrogens with zero attached hydrogens (tertiary/aromatic N) is 1. The van der Waals surface area contributed by atoms with Crippen molar-refractivity contribution in [2.24, 2.45) is 11.0 Å². The average molecular weight is 213 g/mol. The predicted octanol–water partition coefficient (Wildman–Crippen LogP) is 2.04. The van der Waals surface area contributed by atoms with E-state index in [0.29, 0.717) is 11.0 Å². The van der Waals surface area contributed by atoms with Gasteiger partial charge in [-0.3, -0.25) is 5.43 Å². The molecular formula is C10H19N3S. The standard InChI is InChI=1S/C10H19N3S/c1-3-11-10(14)13-12-9-7-5-4-6-8(9)2/h8H,3-7H2,1-2H3,(H2,11,13,14)/b12-9-/t8-/m1/s1. The van der Waals surface area contributed by atoms with Gasteiger partial charge in [0.15, 0.2) is 5.11 Å². The fourth-order valence-corrected chi connectivity index (χ4v) is 1.85. The Kier molecular flexibility index (Phi) is 4.87. The fraction of sp³-hybridized carbons (Fsp3) is 0.800. The summed E-state index contributed by atoms with van der Waals surface area (Å²) in [5.74, 6) is 0.612. The van der Waals surface area contributed by atoms with Gasteiger partial charge in [0.05, 0.1) is 0 Å². The molecule has 80 valence electrons. The van der Waals surface area contributed by atoms with Crippen LogP contribution >= 0.6 is 12.2 Å². The summed E-state index contributed by atoms with van der Waals surface area (Å²) in [6, 6.07) is 0. The zero-order valence-electron chi connectivity index (χ0n) is 8.97. The van der Waals surface area contributed by atoms with E-state index in [9.17, 15) is 0 Å². The van der Waals surface area contributed by atoms with Crippen molar-refractivity contribution in [2.45, 2.75) is 39.5 Å². The molecule has 1 saturated carbocycles. The normalized spacial score (nSPS) is 24.7.